The van der Waals surface area contributed by atoms with Gasteiger partial charge in [-0.3, -0.25) is 0 Å². The molecule has 0 amide bonds. The maximum absolute atomic E-state index is 10.7. The summed E-state index contributed by atoms with van der Waals surface area (Å²) in [6.07, 6.45) is 2.77. The first kappa shape index (κ1) is 16.5. The number of hydrogen-bond acceptors (Lipinski definition) is 2. The normalized spacial score (nSPS) is 26.8. The lowest BCUT2D eigenvalue weighted by molar-refractivity contribution is 0.0839. The van der Waals surface area contributed by atoms with Gasteiger partial charge in [-0.05, 0) is 36.2 Å². The Hall–Kier alpha value is -0.903. The van der Waals surface area contributed by atoms with Crippen molar-refractivity contribution < 1.29 is 9.53 Å². The molecule has 0 heterocycles. The van der Waals surface area contributed by atoms with Gasteiger partial charge in [0.15, 0.2) is 8.32 Å². The van der Waals surface area contributed by atoms with E-state index in [0.29, 0.717) is 6.42 Å². The first-order valence-electron chi connectivity index (χ1n) is 7.71. The summed E-state index contributed by atoms with van der Waals surface area (Å²) in [5.74, 6) is 0. The second kappa shape index (κ2) is 5.38. The van der Waals surface area contributed by atoms with Crippen LogP contribution in [-0.4, -0.2) is 25.1 Å². The highest BCUT2D eigenvalue weighted by Gasteiger charge is 2.43. The summed E-state index contributed by atoms with van der Waals surface area (Å²) in [7, 11) is -1.82. The molecule has 0 saturated heterocycles. The van der Waals surface area contributed by atoms with Gasteiger partial charge in [-0.25, -0.2) is 0 Å². The van der Waals surface area contributed by atoms with Crippen molar-refractivity contribution in [1.29, 1.82) is 0 Å². The fourth-order valence-corrected chi connectivity index (χ4v) is 3.84. The molecule has 0 saturated carbocycles. The number of benzene rings is 1. The molecule has 21 heavy (non-hydrogen) atoms. The minimum Gasteiger partial charge on any atom is -0.410 e. The molecule has 1 aliphatic rings. The molecule has 1 aromatic rings. The molecule has 0 unspecified atom stereocenters. The zero-order valence-electron chi connectivity index (χ0n) is 14.1. The van der Waals surface area contributed by atoms with E-state index in [4.69, 9.17) is 4.43 Å². The van der Waals surface area contributed by atoms with Gasteiger partial charge in [-0.15, -0.1) is 0 Å². The third-order valence-electron chi connectivity index (χ3n) is 4.87. The maximum atomic E-state index is 10.7. The van der Waals surface area contributed by atoms with Crippen molar-refractivity contribution in [3.63, 3.8) is 0 Å². The Morgan fingerprint density at radius 3 is 2.29 bits per heavy atom. The summed E-state index contributed by atoms with van der Waals surface area (Å²) < 4.78 is 6.45. The smallest absolute Gasteiger partial charge is 0.192 e. The van der Waals surface area contributed by atoms with E-state index in [-0.39, 0.29) is 11.1 Å². The highest BCUT2D eigenvalue weighted by atomic mass is 28.4. The van der Waals surface area contributed by atoms with Crippen molar-refractivity contribution >= 4 is 13.9 Å². The summed E-state index contributed by atoms with van der Waals surface area (Å²) in [6, 6.07) is 10.1. The van der Waals surface area contributed by atoms with Gasteiger partial charge in [0, 0.05) is 6.42 Å². The lowest BCUT2D eigenvalue weighted by Crippen LogP contribution is -2.43. The Kier molecular flexibility index (Phi) is 4.22. The van der Waals surface area contributed by atoms with Gasteiger partial charge in [-0.1, -0.05) is 57.2 Å². The molecular weight excluding hydrogens is 276 g/mol. The van der Waals surface area contributed by atoms with E-state index < -0.39 is 13.9 Å². The van der Waals surface area contributed by atoms with Gasteiger partial charge < -0.3 is 9.53 Å². The molecule has 0 fully saturated rings. The third-order valence-corrected chi connectivity index (χ3v) is 9.37. The van der Waals surface area contributed by atoms with Crippen LogP contribution in [0.2, 0.25) is 18.1 Å². The Bertz CT molecular complexity index is 524. The standard InChI is InChI=1S/C18H28O2Si/c1-17(2,3)21(5,6)20-15-12-16(18(4,19)13-15)14-10-8-7-9-11-14/h7-12,15,19H,13H2,1-6H3/t15-,18-/m0/s1. The monoisotopic (exact) mass is 304 g/mol. The van der Waals surface area contributed by atoms with Gasteiger partial charge in [0.05, 0.1) is 11.7 Å². The van der Waals surface area contributed by atoms with Crippen LogP contribution in [0.1, 0.15) is 39.7 Å². The average Bonchev–Trinajstić information content (AvgIpc) is 2.63. The molecule has 0 bridgehead atoms. The quantitative estimate of drug-likeness (QED) is 0.826. The van der Waals surface area contributed by atoms with Crippen LogP contribution in [-0.2, 0) is 4.43 Å². The lowest BCUT2D eigenvalue weighted by Gasteiger charge is -2.38. The molecule has 2 nitrogen and oxygen atoms in total. The predicted molar refractivity (Wildman–Crippen MR) is 91.7 cm³/mol. The van der Waals surface area contributed by atoms with Crippen LogP contribution in [0.4, 0.5) is 0 Å². The molecule has 2 atom stereocenters. The molecule has 0 spiro atoms. The van der Waals surface area contributed by atoms with Crippen LogP contribution in [0, 0.1) is 0 Å². The molecule has 2 rings (SSSR count). The molecular formula is C18H28O2Si. The third kappa shape index (κ3) is 3.47. The van der Waals surface area contributed by atoms with Crippen molar-refractivity contribution in [3.05, 3.63) is 42.0 Å². The Labute approximate surface area is 130 Å². The first-order chi connectivity index (χ1) is 9.53. The molecule has 1 N–H and O–H groups in total. The average molecular weight is 305 g/mol. The second-order valence-electron chi connectivity index (χ2n) is 7.84. The SMILES string of the molecule is CC(C)(C)[Si](C)(C)O[C@H]1C=C(c2ccccc2)[C@@](C)(O)C1. The minimum atomic E-state index is -1.82. The zero-order valence-corrected chi connectivity index (χ0v) is 15.1. The van der Waals surface area contributed by atoms with E-state index in [9.17, 15) is 5.11 Å². The van der Waals surface area contributed by atoms with Crippen molar-refractivity contribution in [2.24, 2.45) is 0 Å². The van der Waals surface area contributed by atoms with Crippen molar-refractivity contribution in [1.82, 2.24) is 0 Å². The van der Waals surface area contributed by atoms with Crippen LogP contribution in [0.25, 0.3) is 5.57 Å². The largest absolute Gasteiger partial charge is 0.410 e. The van der Waals surface area contributed by atoms with E-state index >= 15 is 0 Å². The molecule has 1 aromatic carbocycles. The maximum Gasteiger partial charge on any atom is 0.192 e. The zero-order chi connectivity index (χ0) is 15.9. The highest BCUT2D eigenvalue weighted by molar-refractivity contribution is 6.74. The van der Waals surface area contributed by atoms with Crippen LogP contribution in [0.5, 0.6) is 0 Å². The molecule has 116 valence electrons. The van der Waals surface area contributed by atoms with E-state index in [1.54, 1.807) is 0 Å². The van der Waals surface area contributed by atoms with Gasteiger partial charge in [-0.2, -0.15) is 0 Å². The fraction of sp³-hybridized carbons (Fsp3) is 0.556. The summed E-state index contributed by atoms with van der Waals surface area (Å²) >= 11 is 0. The van der Waals surface area contributed by atoms with E-state index in [1.807, 2.05) is 25.1 Å². The van der Waals surface area contributed by atoms with E-state index in [1.165, 1.54) is 0 Å². The van der Waals surface area contributed by atoms with Gasteiger partial charge >= 0.3 is 0 Å². The van der Waals surface area contributed by atoms with Gasteiger partial charge in [0.25, 0.3) is 0 Å². The molecule has 3 heteroatoms. The minimum absolute atomic E-state index is 0.0103. The van der Waals surface area contributed by atoms with Crippen LogP contribution in [0.3, 0.4) is 0 Å². The summed E-state index contributed by atoms with van der Waals surface area (Å²) in [6.45, 7) is 13.1. The molecule has 0 radical (unpaired) electrons. The van der Waals surface area contributed by atoms with Gasteiger partial charge in [0.2, 0.25) is 0 Å². The first-order valence-corrected chi connectivity index (χ1v) is 10.6. The van der Waals surface area contributed by atoms with E-state index in [2.05, 4.69) is 52.1 Å². The molecule has 0 aliphatic heterocycles. The summed E-state index contributed by atoms with van der Waals surface area (Å²) in [5, 5.41) is 10.9. The van der Waals surface area contributed by atoms with Crippen molar-refractivity contribution in [3.8, 4) is 0 Å². The second-order valence-corrected chi connectivity index (χ2v) is 12.6. The van der Waals surface area contributed by atoms with Crippen molar-refractivity contribution in [2.45, 2.75) is 64.0 Å². The molecule has 1 aliphatic carbocycles. The van der Waals surface area contributed by atoms with Crippen LogP contribution >= 0.6 is 0 Å². The topological polar surface area (TPSA) is 29.5 Å². The molecule has 0 aromatic heterocycles. The summed E-state index contributed by atoms with van der Waals surface area (Å²) in [4.78, 5) is 0. The number of rotatable bonds is 3. The Morgan fingerprint density at radius 1 is 1.19 bits per heavy atom. The van der Waals surface area contributed by atoms with E-state index in [0.717, 1.165) is 11.1 Å². The number of hydrogen-bond donors (Lipinski definition) is 1. The van der Waals surface area contributed by atoms with Crippen LogP contribution in [0.15, 0.2) is 36.4 Å². The number of aliphatic hydroxyl groups is 1. The highest BCUT2D eigenvalue weighted by Crippen LogP contribution is 2.43. The van der Waals surface area contributed by atoms with Crippen molar-refractivity contribution in [2.75, 3.05) is 0 Å². The van der Waals surface area contributed by atoms with Crippen LogP contribution < -0.4 is 0 Å². The van der Waals surface area contributed by atoms with Gasteiger partial charge in [0.1, 0.15) is 0 Å². The lowest BCUT2D eigenvalue weighted by atomic mass is 9.92. The predicted octanol–water partition coefficient (Wildman–Crippen LogP) is 4.62. The fourth-order valence-electron chi connectivity index (χ4n) is 2.58. The summed E-state index contributed by atoms with van der Waals surface area (Å²) in [5.41, 5.74) is 1.27. The Morgan fingerprint density at radius 2 is 1.76 bits per heavy atom. The Balaban J connectivity index is 2.24.